The number of likely N-dealkylation sites (N-methyl/N-ethyl adjacent to an activating group) is 1. The van der Waals surface area contributed by atoms with Crippen LogP contribution in [0.2, 0.25) is 0 Å². The molecule has 3 rings (SSSR count). The van der Waals surface area contributed by atoms with Gasteiger partial charge in [-0.1, -0.05) is 42.5 Å². The maximum Gasteiger partial charge on any atom is 0.119 e. The van der Waals surface area contributed by atoms with E-state index in [0.29, 0.717) is 12.6 Å². The average molecular weight is 354 g/mol. The van der Waals surface area contributed by atoms with E-state index in [1.807, 2.05) is 12.1 Å². The predicted octanol–water partition coefficient (Wildman–Crippen LogP) is 3.15. The first-order valence-corrected chi connectivity index (χ1v) is 9.54. The maximum atomic E-state index is 8.83. The molecule has 0 aromatic heterocycles. The molecule has 0 amide bonds. The lowest BCUT2D eigenvalue weighted by Gasteiger charge is -2.37. The minimum atomic E-state index is 0.0490. The Labute approximate surface area is 157 Å². The van der Waals surface area contributed by atoms with Crippen molar-refractivity contribution in [1.82, 2.24) is 9.80 Å². The highest BCUT2D eigenvalue weighted by Gasteiger charge is 2.23. The van der Waals surface area contributed by atoms with Crippen molar-refractivity contribution in [3.05, 3.63) is 65.7 Å². The fraction of sp³-hybridized carbons (Fsp3) is 0.455. The minimum absolute atomic E-state index is 0.0490. The molecule has 4 heteroatoms. The normalized spacial score (nSPS) is 18.2. The Balaban J connectivity index is 1.51. The van der Waals surface area contributed by atoms with Gasteiger partial charge in [-0.3, -0.25) is 9.80 Å². The lowest BCUT2D eigenvalue weighted by Crippen LogP contribution is -2.45. The van der Waals surface area contributed by atoms with Crippen LogP contribution in [0.1, 0.15) is 24.0 Å². The molecule has 1 fully saturated rings. The molecule has 1 aliphatic rings. The second-order valence-corrected chi connectivity index (χ2v) is 7.15. The van der Waals surface area contributed by atoms with Gasteiger partial charge in [0.05, 0.1) is 6.61 Å². The fourth-order valence-electron chi connectivity index (χ4n) is 3.65. The first-order chi connectivity index (χ1) is 12.7. The van der Waals surface area contributed by atoms with Crippen LogP contribution in [-0.4, -0.2) is 54.3 Å². The number of ether oxygens (including phenoxy) is 1. The molecule has 0 unspecified atom stereocenters. The molecule has 0 saturated carbocycles. The van der Waals surface area contributed by atoms with Gasteiger partial charge < -0.3 is 9.84 Å². The molecule has 1 aliphatic heterocycles. The number of hydrogen-bond acceptors (Lipinski definition) is 4. The van der Waals surface area contributed by atoms with Crippen LogP contribution in [0.3, 0.4) is 0 Å². The molecule has 0 aliphatic carbocycles. The molecule has 1 heterocycles. The van der Waals surface area contributed by atoms with Gasteiger partial charge in [-0.25, -0.2) is 0 Å². The summed E-state index contributed by atoms with van der Waals surface area (Å²) in [5.74, 6) is 0.821. The van der Waals surface area contributed by atoms with Crippen LogP contribution in [0.4, 0.5) is 0 Å². The van der Waals surface area contributed by atoms with Gasteiger partial charge in [-0.15, -0.1) is 0 Å². The smallest absolute Gasteiger partial charge is 0.119 e. The third-order valence-electron chi connectivity index (χ3n) is 5.07. The number of aliphatic hydroxyl groups excluding tert-OH is 1. The van der Waals surface area contributed by atoms with Crippen LogP contribution in [0.25, 0.3) is 0 Å². The molecule has 2 aromatic rings. The SMILES string of the molecule is CN(Cc1ccccc1)[C@@H]1CCCN(Cc2ccc(OCCO)cc2)C1. The molecule has 0 bridgehead atoms. The van der Waals surface area contributed by atoms with Gasteiger partial charge in [-0.2, -0.15) is 0 Å². The van der Waals surface area contributed by atoms with E-state index in [0.717, 1.165) is 25.4 Å². The van der Waals surface area contributed by atoms with Crippen LogP contribution in [0, 0.1) is 0 Å². The number of piperidine rings is 1. The number of aliphatic hydroxyl groups is 1. The summed E-state index contributed by atoms with van der Waals surface area (Å²) in [7, 11) is 2.24. The van der Waals surface area contributed by atoms with Gasteiger partial charge in [0.25, 0.3) is 0 Å². The molecular formula is C22H30N2O2. The van der Waals surface area contributed by atoms with Gasteiger partial charge in [0, 0.05) is 25.7 Å². The summed E-state index contributed by atoms with van der Waals surface area (Å²) in [5, 5.41) is 8.83. The number of hydrogen-bond donors (Lipinski definition) is 1. The van der Waals surface area contributed by atoms with Gasteiger partial charge >= 0.3 is 0 Å². The summed E-state index contributed by atoms with van der Waals surface area (Å²) in [6.45, 7) is 4.67. The largest absolute Gasteiger partial charge is 0.491 e. The molecule has 1 saturated heterocycles. The summed E-state index contributed by atoms with van der Waals surface area (Å²) in [5.41, 5.74) is 2.69. The topological polar surface area (TPSA) is 35.9 Å². The number of likely N-dealkylation sites (tertiary alicyclic amines) is 1. The van der Waals surface area contributed by atoms with Gasteiger partial charge in [0.1, 0.15) is 12.4 Å². The molecule has 1 atom stereocenters. The first kappa shape index (κ1) is 18.9. The average Bonchev–Trinajstić information content (AvgIpc) is 2.68. The highest BCUT2D eigenvalue weighted by molar-refractivity contribution is 5.27. The van der Waals surface area contributed by atoms with Crippen molar-refractivity contribution in [2.75, 3.05) is 33.4 Å². The molecule has 140 valence electrons. The Morgan fingerprint density at radius 3 is 2.58 bits per heavy atom. The highest BCUT2D eigenvalue weighted by atomic mass is 16.5. The lowest BCUT2D eigenvalue weighted by molar-refractivity contribution is 0.107. The number of rotatable bonds is 8. The van der Waals surface area contributed by atoms with E-state index in [2.05, 4.69) is 59.3 Å². The van der Waals surface area contributed by atoms with Crippen LogP contribution < -0.4 is 4.74 Å². The van der Waals surface area contributed by atoms with Crippen LogP contribution in [-0.2, 0) is 13.1 Å². The van der Waals surface area contributed by atoms with Crippen molar-refractivity contribution in [3.8, 4) is 5.75 Å². The van der Waals surface area contributed by atoms with E-state index in [9.17, 15) is 0 Å². The molecular weight excluding hydrogens is 324 g/mol. The Hall–Kier alpha value is -1.88. The Bertz CT molecular complexity index is 645. The van der Waals surface area contributed by atoms with Crippen molar-refractivity contribution in [3.63, 3.8) is 0 Å². The summed E-state index contributed by atoms with van der Waals surface area (Å²) in [6.07, 6.45) is 2.52. The molecule has 4 nitrogen and oxygen atoms in total. The van der Waals surface area contributed by atoms with E-state index in [1.54, 1.807) is 0 Å². The number of benzene rings is 2. The summed E-state index contributed by atoms with van der Waals surface area (Å²) < 4.78 is 5.43. The zero-order valence-electron chi connectivity index (χ0n) is 15.7. The summed E-state index contributed by atoms with van der Waals surface area (Å²) >= 11 is 0. The molecule has 0 spiro atoms. The lowest BCUT2D eigenvalue weighted by atomic mass is 10.0. The number of nitrogens with zero attached hydrogens (tertiary/aromatic N) is 2. The molecule has 1 N–H and O–H groups in total. The van der Waals surface area contributed by atoms with Crippen LogP contribution in [0.15, 0.2) is 54.6 Å². The summed E-state index contributed by atoms with van der Waals surface area (Å²) in [4.78, 5) is 5.05. The Morgan fingerprint density at radius 2 is 1.85 bits per heavy atom. The first-order valence-electron chi connectivity index (χ1n) is 9.54. The quantitative estimate of drug-likeness (QED) is 0.790. The van der Waals surface area contributed by atoms with E-state index in [4.69, 9.17) is 9.84 Å². The van der Waals surface area contributed by atoms with Gasteiger partial charge in [0.2, 0.25) is 0 Å². The minimum Gasteiger partial charge on any atom is -0.491 e. The van der Waals surface area contributed by atoms with E-state index < -0.39 is 0 Å². The Kier molecular flexibility index (Phi) is 7.06. The maximum absolute atomic E-state index is 8.83. The Morgan fingerprint density at radius 1 is 1.08 bits per heavy atom. The summed E-state index contributed by atoms with van der Waals surface area (Å²) in [6, 6.07) is 19.6. The van der Waals surface area contributed by atoms with Crippen molar-refractivity contribution in [2.24, 2.45) is 0 Å². The van der Waals surface area contributed by atoms with Crippen molar-refractivity contribution < 1.29 is 9.84 Å². The predicted molar refractivity (Wildman–Crippen MR) is 105 cm³/mol. The van der Waals surface area contributed by atoms with Crippen molar-refractivity contribution >= 4 is 0 Å². The van der Waals surface area contributed by atoms with Gasteiger partial charge in [-0.05, 0) is 49.7 Å². The van der Waals surface area contributed by atoms with Gasteiger partial charge in [0.15, 0.2) is 0 Å². The second kappa shape index (κ2) is 9.72. The second-order valence-electron chi connectivity index (χ2n) is 7.15. The third-order valence-corrected chi connectivity index (χ3v) is 5.07. The standard InChI is InChI=1S/C22H30N2O2/c1-23(16-19-6-3-2-4-7-19)21-8-5-13-24(18-21)17-20-9-11-22(12-10-20)26-15-14-25/h2-4,6-7,9-12,21,25H,5,8,13-18H2,1H3/t21-/m1/s1. The van der Waals surface area contributed by atoms with Crippen molar-refractivity contribution in [1.29, 1.82) is 0 Å². The van der Waals surface area contributed by atoms with E-state index >= 15 is 0 Å². The monoisotopic (exact) mass is 354 g/mol. The molecule has 26 heavy (non-hydrogen) atoms. The van der Waals surface area contributed by atoms with Crippen LogP contribution >= 0.6 is 0 Å². The fourth-order valence-corrected chi connectivity index (χ4v) is 3.65. The molecule has 2 aromatic carbocycles. The molecule has 0 radical (unpaired) electrons. The van der Waals surface area contributed by atoms with E-state index in [1.165, 1.54) is 30.5 Å². The third kappa shape index (κ3) is 5.56. The highest BCUT2D eigenvalue weighted by Crippen LogP contribution is 2.20. The van der Waals surface area contributed by atoms with Crippen molar-refractivity contribution in [2.45, 2.75) is 32.0 Å². The van der Waals surface area contributed by atoms with E-state index in [-0.39, 0.29) is 6.61 Å². The van der Waals surface area contributed by atoms with Crippen LogP contribution in [0.5, 0.6) is 5.75 Å². The zero-order valence-corrected chi connectivity index (χ0v) is 15.7. The zero-order chi connectivity index (χ0) is 18.2.